The van der Waals surface area contributed by atoms with Gasteiger partial charge in [0.25, 0.3) is 0 Å². The number of rotatable bonds is 6. The topological polar surface area (TPSA) is 51.7 Å². The molecule has 0 saturated carbocycles. The number of carbonyl (C=O) groups excluding carboxylic acids is 1. The van der Waals surface area contributed by atoms with Crippen molar-refractivity contribution in [2.45, 2.75) is 65.1 Å². The first-order valence-electron chi connectivity index (χ1n) is 9.35. The first-order valence-corrected chi connectivity index (χ1v) is 9.35. The highest BCUT2D eigenvalue weighted by molar-refractivity contribution is 5.68. The Morgan fingerprint density at radius 3 is 2.88 bits per heavy atom. The summed E-state index contributed by atoms with van der Waals surface area (Å²) >= 11 is 0. The predicted octanol–water partition coefficient (Wildman–Crippen LogP) is 4.59. The van der Waals surface area contributed by atoms with Gasteiger partial charge in [-0.3, -0.25) is 4.98 Å². The molecule has 5 heteroatoms. The van der Waals surface area contributed by atoms with E-state index in [0.717, 1.165) is 44.7 Å². The van der Waals surface area contributed by atoms with E-state index in [0.29, 0.717) is 5.92 Å². The molecule has 140 valence electrons. The van der Waals surface area contributed by atoms with Gasteiger partial charge < -0.3 is 14.4 Å². The van der Waals surface area contributed by atoms with Gasteiger partial charge in [-0.15, -0.1) is 0 Å². The second-order valence-electron chi connectivity index (χ2n) is 7.84. The fourth-order valence-electron chi connectivity index (χ4n) is 3.13. The molecule has 0 spiro atoms. The highest BCUT2D eigenvalue weighted by atomic mass is 16.6. The van der Waals surface area contributed by atoms with Crippen LogP contribution in [0, 0.1) is 5.92 Å². The van der Waals surface area contributed by atoms with Crippen LogP contribution in [0.15, 0.2) is 24.4 Å². The number of carbonyl (C=O) groups is 1. The highest BCUT2D eigenvalue weighted by Crippen LogP contribution is 2.23. The zero-order chi connectivity index (χ0) is 18.3. The molecule has 2 atom stereocenters. The lowest BCUT2D eigenvalue weighted by molar-refractivity contribution is 0.0148. The second-order valence-corrected chi connectivity index (χ2v) is 7.84. The van der Waals surface area contributed by atoms with E-state index >= 15 is 0 Å². The van der Waals surface area contributed by atoms with Crippen LogP contribution in [-0.2, 0) is 9.47 Å². The first-order chi connectivity index (χ1) is 11.8. The lowest BCUT2D eigenvalue weighted by Crippen LogP contribution is -2.42. The molecule has 1 fully saturated rings. The number of ether oxygens (including phenoxy) is 2. The van der Waals surface area contributed by atoms with Gasteiger partial charge in [-0.1, -0.05) is 6.07 Å². The van der Waals surface area contributed by atoms with Crippen molar-refractivity contribution in [2.75, 3.05) is 19.7 Å². The molecule has 0 bridgehead atoms. The average molecular weight is 348 g/mol. The van der Waals surface area contributed by atoms with Crippen LogP contribution < -0.4 is 0 Å². The number of hydrogen-bond acceptors (Lipinski definition) is 4. The highest BCUT2D eigenvalue weighted by Gasteiger charge is 2.27. The fourth-order valence-corrected chi connectivity index (χ4v) is 3.13. The maximum Gasteiger partial charge on any atom is 0.410 e. The summed E-state index contributed by atoms with van der Waals surface area (Å²) in [5.74, 6) is 0.537. The molecule has 5 nitrogen and oxygen atoms in total. The molecule has 2 rings (SSSR count). The van der Waals surface area contributed by atoms with Crippen LogP contribution >= 0.6 is 0 Å². The molecular weight excluding hydrogens is 316 g/mol. The Morgan fingerprint density at radius 2 is 2.20 bits per heavy atom. The molecule has 0 radical (unpaired) electrons. The molecule has 25 heavy (non-hydrogen) atoms. The summed E-state index contributed by atoms with van der Waals surface area (Å²) < 4.78 is 11.4. The number of nitrogens with zero attached hydrogens (tertiary/aromatic N) is 2. The first kappa shape index (κ1) is 19.7. The molecule has 1 aliphatic heterocycles. The Bertz CT molecular complexity index is 527. The van der Waals surface area contributed by atoms with Crippen molar-refractivity contribution >= 4 is 6.09 Å². The van der Waals surface area contributed by atoms with Gasteiger partial charge in [0.2, 0.25) is 0 Å². The van der Waals surface area contributed by atoms with Crippen molar-refractivity contribution in [3.63, 3.8) is 0 Å². The van der Waals surface area contributed by atoms with E-state index in [4.69, 9.17) is 9.47 Å². The van der Waals surface area contributed by atoms with Gasteiger partial charge in [0, 0.05) is 25.9 Å². The van der Waals surface area contributed by atoms with Gasteiger partial charge in [-0.2, -0.15) is 0 Å². The second kappa shape index (κ2) is 9.18. The lowest BCUT2D eigenvalue weighted by Gasteiger charge is -2.34. The Kier molecular flexibility index (Phi) is 7.24. The van der Waals surface area contributed by atoms with Crippen LogP contribution in [-0.4, -0.2) is 41.3 Å². The minimum atomic E-state index is -0.431. The van der Waals surface area contributed by atoms with E-state index in [1.807, 2.05) is 50.8 Å². The van der Waals surface area contributed by atoms with Crippen LogP contribution in [0.5, 0.6) is 0 Å². The van der Waals surface area contributed by atoms with Crippen LogP contribution in [0.4, 0.5) is 4.79 Å². The van der Waals surface area contributed by atoms with E-state index in [1.165, 1.54) is 6.42 Å². The summed E-state index contributed by atoms with van der Waals surface area (Å²) in [5.41, 5.74) is 0.538. The molecule has 0 N–H and O–H groups in total. The third kappa shape index (κ3) is 7.02. The maximum atomic E-state index is 12.2. The SMILES string of the molecule is C[C@H](OCCC[C@@H]1CCCN(C(=O)OC(C)(C)C)C1)c1ccccn1. The standard InChI is InChI=1S/C20H32N2O3/c1-16(18-11-5-6-12-21-18)24-14-8-10-17-9-7-13-22(15-17)19(23)25-20(2,3)4/h5-6,11-12,16-17H,7-10,13-15H2,1-4H3/t16-,17-/m0/s1. The van der Waals surface area contributed by atoms with E-state index in [-0.39, 0.29) is 12.2 Å². The Hall–Kier alpha value is -1.62. The van der Waals surface area contributed by atoms with Gasteiger partial charge in [0.05, 0.1) is 11.8 Å². The molecule has 0 aromatic carbocycles. The minimum absolute atomic E-state index is 0.0193. The Labute approximate surface area is 151 Å². The van der Waals surface area contributed by atoms with Crippen molar-refractivity contribution < 1.29 is 14.3 Å². The fraction of sp³-hybridized carbons (Fsp3) is 0.700. The largest absolute Gasteiger partial charge is 0.444 e. The quantitative estimate of drug-likeness (QED) is 0.706. The van der Waals surface area contributed by atoms with Gasteiger partial charge in [0.1, 0.15) is 5.60 Å². The van der Waals surface area contributed by atoms with Crippen LogP contribution in [0.1, 0.15) is 65.2 Å². The maximum absolute atomic E-state index is 12.2. The summed E-state index contributed by atoms with van der Waals surface area (Å²) in [6.45, 7) is 10.1. The molecule has 0 aliphatic carbocycles. The number of hydrogen-bond donors (Lipinski definition) is 0. The number of piperidine rings is 1. The summed E-state index contributed by atoms with van der Waals surface area (Å²) in [6, 6.07) is 5.88. The summed E-state index contributed by atoms with van der Waals surface area (Å²) in [4.78, 5) is 18.4. The van der Waals surface area contributed by atoms with Crippen LogP contribution in [0.25, 0.3) is 0 Å². The third-order valence-electron chi connectivity index (χ3n) is 4.40. The normalized spacial score (nSPS) is 19.5. The Morgan fingerprint density at radius 1 is 1.40 bits per heavy atom. The van der Waals surface area contributed by atoms with Crippen molar-refractivity contribution in [1.29, 1.82) is 0 Å². The van der Waals surface area contributed by atoms with Gasteiger partial charge in [-0.05, 0) is 71.4 Å². The number of amides is 1. The molecule has 2 heterocycles. The number of pyridine rings is 1. The molecule has 1 aliphatic rings. The summed E-state index contributed by atoms with van der Waals surface area (Å²) in [6.07, 6.45) is 5.94. The summed E-state index contributed by atoms with van der Waals surface area (Å²) in [7, 11) is 0. The van der Waals surface area contributed by atoms with E-state index < -0.39 is 5.60 Å². The van der Waals surface area contributed by atoms with Gasteiger partial charge >= 0.3 is 6.09 Å². The number of likely N-dealkylation sites (tertiary alicyclic amines) is 1. The van der Waals surface area contributed by atoms with Crippen molar-refractivity contribution in [3.8, 4) is 0 Å². The zero-order valence-electron chi connectivity index (χ0n) is 16.0. The number of aromatic nitrogens is 1. The zero-order valence-corrected chi connectivity index (χ0v) is 16.0. The molecule has 1 aromatic heterocycles. The lowest BCUT2D eigenvalue weighted by atomic mass is 9.94. The van der Waals surface area contributed by atoms with Gasteiger partial charge in [0.15, 0.2) is 0 Å². The van der Waals surface area contributed by atoms with Crippen LogP contribution in [0.3, 0.4) is 0 Å². The molecule has 1 aromatic rings. The molecule has 1 saturated heterocycles. The molecular formula is C20H32N2O3. The summed E-state index contributed by atoms with van der Waals surface area (Å²) in [5, 5.41) is 0. The van der Waals surface area contributed by atoms with E-state index in [2.05, 4.69) is 4.98 Å². The van der Waals surface area contributed by atoms with E-state index in [1.54, 1.807) is 6.20 Å². The minimum Gasteiger partial charge on any atom is -0.444 e. The van der Waals surface area contributed by atoms with E-state index in [9.17, 15) is 4.79 Å². The van der Waals surface area contributed by atoms with Crippen LogP contribution in [0.2, 0.25) is 0 Å². The average Bonchev–Trinajstić information content (AvgIpc) is 2.58. The van der Waals surface area contributed by atoms with Crippen molar-refractivity contribution in [1.82, 2.24) is 9.88 Å². The van der Waals surface area contributed by atoms with Crippen molar-refractivity contribution in [2.24, 2.45) is 5.92 Å². The smallest absolute Gasteiger partial charge is 0.410 e. The Balaban J connectivity index is 1.68. The van der Waals surface area contributed by atoms with Crippen molar-refractivity contribution in [3.05, 3.63) is 30.1 Å². The predicted molar refractivity (Wildman–Crippen MR) is 98.4 cm³/mol. The van der Waals surface area contributed by atoms with Gasteiger partial charge in [-0.25, -0.2) is 4.79 Å². The monoisotopic (exact) mass is 348 g/mol. The molecule has 1 amide bonds. The molecule has 0 unspecified atom stereocenters. The third-order valence-corrected chi connectivity index (χ3v) is 4.40.